The number of nitrogens with zero attached hydrogens (tertiary/aromatic N) is 1. The quantitative estimate of drug-likeness (QED) is 0.236. The summed E-state index contributed by atoms with van der Waals surface area (Å²) >= 11 is 0. The Morgan fingerprint density at radius 1 is 1.02 bits per heavy atom. The van der Waals surface area contributed by atoms with Gasteiger partial charge < -0.3 is 31.3 Å². The van der Waals surface area contributed by atoms with E-state index in [9.17, 15) is 39.9 Å². The molecule has 6 atom stereocenters. The van der Waals surface area contributed by atoms with Gasteiger partial charge >= 0.3 is 0 Å². The number of phenolic OH excluding ortho intramolecular Hbond substituents is 1. The molecule has 0 aromatic heterocycles. The van der Waals surface area contributed by atoms with Gasteiger partial charge in [0.2, 0.25) is 5.78 Å². The van der Waals surface area contributed by atoms with Crippen molar-refractivity contribution in [2.24, 2.45) is 17.6 Å². The van der Waals surface area contributed by atoms with Crippen LogP contribution in [0.25, 0.3) is 5.76 Å². The minimum Gasteiger partial charge on any atom is -0.508 e. The molecule has 0 saturated heterocycles. The fraction of sp³-hybridized carbons (Fsp3) is 0.300. The number of ketones is 2. The Labute approximate surface area is 229 Å². The van der Waals surface area contributed by atoms with Gasteiger partial charge in [0.25, 0.3) is 5.91 Å². The molecule has 0 radical (unpaired) electrons. The third kappa shape index (κ3) is 3.59. The molecule has 2 aromatic rings. The first-order valence-electron chi connectivity index (χ1n) is 12.6. The summed E-state index contributed by atoms with van der Waals surface area (Å²) in [7, 11) is 2.91. The zero-order valence-electron chi connectivity index (χ0n) is 21.9. The van der Waals surface area contributed by atoms with Crippen molar-refractivity contribution < 1.29 is 39.9 Å². The molecule has 0 unspecified atom stereocenters. The summed E-state index contributed by atoms with van der Waals surface area (Å²) in [6.07, 6.45) is -1.67. The van der Waals surface area contributed by atoms with E-state index in [1.165, 1.54) is 25.1 Å². The first-order valence-corrected chi connectivity index (χ1v) is 12.6. The fourth-order valence-corrected chi connectivity index (χ4v) is 6.47. The van der Waals surface area contributed by atoms with E-state index in [4.69, 9.17) is 5.73 Å². The summed E-state index contributed by atoms with van der Waals surface area (Å²) in [5.74, 6) is -3.34. The van der Waals surface area contributed by atoms with E-state index in [0.29, 0.717) is 16.7 Å². The first-order chi connectivity index (χ1) is 18.8. The molecule has 40 heavy (non-hydrogen) atoms. The smallest absolute Gasteiger partial charge is 0.255 e. The highest BCUT2D eigenvalue weighted by Crippen LogP contribution is 2.56. The Kier molecular flexibility index (Phi) is 6.34. The normalized spacial score (nSPS) is 29.4. The highest BCUT2D eigenvalue weighted by molar-refractivity contribution is 6.24. The number of fused-ring (bicyclic) bond motifs is 3. The maximum absolute atomic E-state index is 14.0. The summed E-state index contributed by atoms with van der Waals surface area (Å²) in [6.45, 7) is 1.67. The number of amides is 1. The van der Waals surface area contributed by atoms with Gasteiger partial charge in [0.15, 0.2) is 11.4 Å². The Hall–Kier alpha value is -4.43. The Balaban J connectivity index is 1.78. The number of phenols is 1. The van der Waals surface area contributed by atoms with Crippen molar-refractivity contribution >= 4 is 23.2 Å². The number of nitrogens with two attached hydrogens (primary N) is 1. The number of aliphatic hydroxyl groups is 4. The van der Waals surface area contributed by atoms with Crippen LogP contribution in [-0.4, -0.2) is 79.7 Å². The van der Waals surface area contributed by atoms with Crippen LogP contribution in [-0.2, 0) is 14.4 Å². The molecule has 1 fully saturated rings. The molecule has 0 spiro atoms. The minimum atomic E-state index is -2.95. The van der Waals surface area contributed by atoms with Crippen molar-refractivity contribution in [2.45, 2.75) is 30.6 Å². The van der Waals surface area contributed by atoms with Gasteiger partial charge in [-0.3, -0.25) is 19.3 Å². The molecule has 7 N–H and O–H groups in total. The number of aliphatic hydroxyl groups excluding tert-OH is 3. The van der Waals surface area contributed by atoms with Crippen molar-refractivity contribution in [1.29, 1.82) is 0 Å². The first kappa shape index (κ1) is 27.1. The molecule has 0 heterocycles. The van der Waals surface area contributed by atoms with Crippen LogP contribution in [0.5, 0.6) is 5.75 Å². The molecule has 3 aliphatic rings. The van der Waals surface area contributed by atoms with Gasteiger partial charge in [-0.2, -0.15) is 0 Å². The highest BCUT2D eigenvalue weighted by Gasteiger charge is 2.68. The zero-order valence-corrected chi connectivity index (χ0v) is 21.9. The predicted octanol–water partition coefficient (Wildman–Crippen LogP) is 0.896. The maximum Gasteiger partial charge on any atom is 0.255 e. The largest absolute Gasteiger partial charge is 0.508 e. The van der Waals surface area contributed by atoms with E-state index in [0.717, 1.165) is 0 Å². The van der Waals surface area contributed by atoms with Crippen LogP contribution in [0.1, 0.15) is 35.1 Å². The number of rotatable bonds is 2. The van der Waals surface area contributed by atoms with Crippen LogP contribution < -0.4 is 5.73 Å². The highest BCUT2D eigenvalue weighted by atomic mass is 16.4. The molecule has 5 rings (SSSR count). The molecule has 206 valence electrons. The molecule has 10 heteroatoms. The SMILES string of the molecule is C[C@@H]1c2c(C#Cc3ccccc3)ccc(O)c2C(O)=C2C(=O)[C@@]3(O)C(O)=C(C(N)=O)C(=O)[C@@H](N(C)C)[C@@H]3[C@@H](O)[C@@H]21. The average Bonchev–Trinajstić information content (AvgIpc) is 2.90. The van der Waals surface area contributed by atoms with Gasteiger partial charge in [-0.25, -0.2) is 0 Å². The standard InChI is InChI=1S/C30H28N2O8/c1-13-17-15(10-9-14-7-5-4-6-8-14)11-12-16(33)19(17)24(34)20-18(13)25(35)22-23(32(2)3)26(36)21(29(31)39)28(38)30(22,40)27(20)37/h4-8,11-13,18,22-23,25,33-35,38,40H,1-3H3,(H2,31,39)/t13-,18-,22-,23+,25+,30-/m1/s1. The summed E-state index contributed by atoms with van der Waals surface area (Å²) in [6, 6.07) is 10.6. The van der Waals surface area contributed by atoms with Crippen molar-refractivity contribution in [1.82, 2.24) is 4.90 Å². The summed E-state index contributed by atoms with van der Waals surface area (Å²) < 4.78 is 0. The topological polar surface area (TPSA) is 182 Å². The van der Waals surface area contributed by atoms with Gasteiger partial charge in [0.1, 0.15) is 22.8 Å². The minimum absolute atomic E-state index is 0.101. The lowest BCUT2D eigenvalue weighted by molar-refractivity contribution is -0.169. The second kappa shape index (κ2) is 9.34. The Morgan fingerprint density at radius 3 is 2.27 bits per heavy atom. The number of benzene rings is 2. The van der Waals surface area contributed by atoms with Crippen LogP contribution in [0.4, 0.5) is 0 Å². The van der Waals surface area contributed by atoms with Crippen molar-refractivity contribution in [3.05, 3.63) is 81.6 Å². The van der Waals surface area contributed by atoms with E-state index in [-0.39, 0.29) is 11.3 Å². The number of likely N-dealkylation sites (N-methyl/N-ethyl adjacent to an activating group) is 1. The number of carbonyl (C=O) groups is 3. The monoisotopic (exact) mass is 544 g/mol. The lowest BCUT2D eigenvalue weighted by Gasteiger charge is -2.53. The van der Waals surface area contributed by atoms with Gasteiger partial charge in [-0.05, 0) is 49.8 Å². The molecule has 10 nitrogen and oxygen atoms in total. The number of hydrogen-bond donors (Lipinski definition) is 6. The zero-order chi connectivity index (χ0) is 29.3. The van der Waals surface area contributed by atoms with Gasteiger partial charge in [-0.15, -0.1) is 0 Å². The average molecular weight is 545 g/mol. The Morgan fingerprint density at radius 2 is 1.68 bits per heavy atom. The van der Waals surface area contributed by atoms with Crippen molar-refractivity contribution in [2.75, 3.05) is 14.1 Å². The van der Waals surface area contributed by atoms with Crippen LogP contribution >= 0.6 is 0 Å². The number of carbonyl (C=O) groups excluding carboxylic acids is 3. The fourth-order valence-electron chi connectivity index (χ4n) is 6.47. The van der Waals surface area contributed by atoms with Crippen LogP contribution in [0.15, 0.2) is 59.4 Å². The molecular weight excluding hydrogens is 516 g/mol. The van der Waals surface area contributed by atoms with Crippen LogP contribution in [0, 0.1) is 23.7 Å². The number of Topliss-reactive ketones (excluding diaryl/α,β-unsaturated/α-hetero) is 2. The lowest BCUT2D eigenvalue weighted by Crippen LogP contribution is -2.70. The van der Waals surface area contributed by atoms with Gasteiger partial charge in [-0.1, -0.05) is 37.0 Å². The molecule has 0 aliphatic heterocycles. The number of primary amides is 1. The third-order valence-electron chi connectivity index (χ3n) is 8.22. The second-order valence-electron chi connectivity index (χ2n) is 10.6. The summed E-state index contributed by atoms with van der Waals surface area (Å²) in [4.78, 5) is 40.8. The molecule has 2 aromatic carbocycles. The van der Waals surface area contributed by atoms with E-state index >= 15 is 0 Å². The predicted molar refractivity (Wildman–Crippen MR) is 143 cm³/mol. The molecule has 0 bridgehead atoms. The molecule has 1 amide bonds. The van der Waals surface area contributed by atoms with E-state index in [1.807, 2.05) is 30.3 Å². The summed E-state index contributed by atoms with van der Waals surface area (Å²) in [5, 5.41) is 56.6. The van der Waals surface area contributed by atoms with Crippen molar-refractivity contribution in [3.63, 3.8) is 0 Å². The lowest BCUT2D eigenvalue weighted by atomic mass is 9.54. The molecule has 3 aliphatic carbocycles. The molecule has 1 saturated carbocycles. The van der Waals surface area contributed by atoms with Crippen LogP contribution in [0.2, 0.25) is 0 Å². The van der Waals surface area contributed by atoms with E-state index in [2.05, 4.69) is 11.8 Å². The Bertz CT molecular complexity index is 1600. The summed E-state index contributed by atoms with van der Waals surface area (Å²) in [5.41, 5.74) is 2.39. The van der Waals surface area contributed by atoms with Crippen LogP contribution in [0.3, 0.4) is 0 Å². The van der Waals surface area contributed by atoms with E-state index < -0.39 is 75.6 Å². The van der Waals surface area contributed by atoms with Crippen molar-refractivity contribution in [3.8, 4) is 17.6 Å². The second-order valence-corrected chi connectivity index (χ2v) is 10.6. The number of aromatic hydroxyl groups is 1. The maximum atomic E-state index is 14.0. The van der Waals surface area contributed by atoms with E-state index in [1.54, 1.807) is 13.0 Å². The molecular formula is C30H28N2O8. The van der Waals surface area contributed by atoms with Gasteiger partial charge in [0.05, 0.1) is 23.6 Å². The van der Waals surface area contributed by atoms with Gasteiger partial charge in [0, 0.05) is 22.6 Å². The number of hydrogen-bond acceptors (Lipinski definition) is 9. The third-order valence-corrected chi connectivity index (χ3v) is 8.22.